The van der Waals surface area contributed by atoms with Crippen LogP contribution in [0.1, 0.15) is 76.2 Å². The average Bonchev–Trinajstić information content (AvgIpc) is 3.59. The van der Waals surface area contributed by atoms with Gasteiger partial charge in [0.2, 0.25) is 5.91 Å². The van der Waals surface area contributed by atoms with Gasteiger partial charge in [0.1, 0.15) is 30.2 Å². The van der Waals surface area contributed by atoms with E-state index in [-0.39, 0.29) is 36.6 Å². The molecule has 2 bridgehead atoms. The Hall–Kier alpha value is -3.49. The van der Waals surface area contributed by atoms with Gasteiger partial charge in [0, 0.05) is 29.2 Å². The van der Waals surface area contributed by atoms with Gasteiger partial charge in [-0.2, -0.15) is 5.26 Å². The Morgan fingerprint density at radius 2 is 1.93 bits per heavy atom. The number of halogens is 2. The molecule has 2 fully saturated rings. The lowest BCUT2D eigenvalue weighted by Gasteiger charge is -2.35. The molecule has 0 aromatic heterocycles. The summed E-state index contributed by atoms with van der Waals surface area (Å²) in [5, 5.41) is 12.9. The van der Waals surface area contributed by atoms with Gasteiger partial charge in [-0.1, -0.05) is 26.0 Å². The fourth-order valence-electron chi connectivity index (χ4n) is 5.91. The fraction of sp³-hybridized carbons (Fsp3) is 0.529. The number of ether oxygens (including phenoxy) is 2. The molecule has 1 aliphatic heterocycles. The van der Waals surface area contributed by atoms with Gasteiger partial charge in [-0.3, -0.25) is 19.4 Å². The van der Waals surface area contributed by atoms with E-state index in [1.54, 1.807) is 43.9 Å². The summed E-state index contributed by atoms with van der Waals surface area (Å²) in [4.78, 5) is 43.2. The molecular formula is C34H42BrFN4O5. The van der Waals surface area contributed by atoms with Gasteiger partial charge in [0.25, 0.3) is 5.91 Å². The minimum absolute atomic E-state index is 0.0163. The van der Waals surface area contributed by atoms with Crippen molar-refractivity contribution in [1.82, 2.24) is 10.2 Å². The first-order chi connectivity index (χ1) is 21.3. The molecule has 1 heterocycles. The van der Waals surface area contributed by atoms with E-state index in [1.165, 1.54) is 23.1 Å². The highest BCUT2D eigenvalue weighted by Crippen LogP contribution is 2.43. The van der Waals surface area contributed by atoms with Crippen molar-refractivity contribution in [3.05, 3.63) is 63.9 Å². The summed E-state index contributed by atoms with van der Waals surface area (Å²) in [5.41, 5.74) is 0.662. The normalized spacial score (nSPS) is 19.7. The topological polar surface area (TPSA) is 112 Å². The maximum Gasteiger partial charge on any atom is 0.411 e. The molecule has 0 spiro atoms. The fourth-order valence-corrected chi connectivity index (χ4v) is 6.32. The van der Waals surface area contributed by atoms with Crippen LogP contribution < -0.4 is 10.2 Å². The van der Waals surface area contributed by atoms with Crippen LogP contribution in [0, 0.1) is 29.0 Å². The second-order valence-electron chi connectivity index (χ2n) is 13.2. The summed E-state index contributed by atoms with van der Waals surface area (Å²) in [6.45, 7) is 9.91. The van der Waals surface area contributed by atoms with E-state index >= 15 is 0 Å². The summed E-state index contributed by atoms with van der Waals surface area (Å²) < 4.78 is 26.0. The van der Waals surface area contributed by atoms with E-state index in [1.807, 2.05) is 6.07 Å². The second-order valence-corrected chi connectivity index (χ2v) is 14.1. The van der Waals surface area contributed by atoms with Crippen molar-refractivity contribution in [3.8, 4) is 6.07 Å². The number of nitrogens with one attached hydrogen (secondary N) is 1. The minimum Gasteiger partial charge on any atom is -0.444 e. The quantitative estimate of drug-likeness (QED) is 0.211. The predicted molar refractivity (Wildman–Crippen MR) is 172 cm³/mol. The third-order valence-corrected chi connectivity index (χ3v) is 8.75. The molecule has 4 atom stereocenters. The summed E-state index contributed by atoms with van der Waals surface area (Å²) in [5.74, 6) is -0.927. The molecule has 1 saturated carbocycles. The molecule has 1 N–H and O–H groups in total. The van der Waals surface area contributed by atoms with Gasteiger partial charge in [-0.05, 0) is 110 Å². The largest absolute Gasteiger partial charge is 0.444 e. The van der Waals surface area contributed by atoms with Gasteiger partial charge >= 0.3 is 6.09 Å². The van der Waals surface area contributed by atoms with E-state index in [4.69, 9.17) is 9.47 Å². The molecule has 0 radical (unpaired) electrons. The summed E-state index contributed by atoms with van der Waals surface area (Å²) in [7, 11) is 0. The second kappa shape index (κ2) is 14.7. The summed E-state index contributed by atoms with van der Waals surface area (Å²) >= 11 is 3.36. The Bertz CT molecular complexity index is 1440. The number of carbonyl (C=O) groups excluding carboxylic acids is 3. The zero-order valence-electron chi connectivity index (χ0n) is 26.5. The maximum absolute atomic E-state index is 14.1. The van der Waals surface area contributed by atoms with E-state index < -0.39 is 35.5 Å². The Morgan fingerprint density at radius 1 is 1.18 bits per heavy atom. The molecule has 242 valence electrons. The Morgan fingerprint density at radius 3 is 2.62 bits per heavy atom. The molecule has 2 aromatic rings. The highest BCUT2D eigenvalue weighted by atomic mass is 79.9. The number of likely N-dealkylation sites (tertiary alicyclic amines) is 1. The average molecular weight is 686 g/mol. The van der Waals surface area contributed by atoms with Crippen molar-refractivity contribution in [3.63, 3.8) is 0 Å². The van der Waals surface area contributed by atoms with Crippen molar-refractivity contribution in [1.29, 1.82) is 5.26 Å². The number of rotatable bonds is 11. The number of amides is 3. The minimum atomic E-state index is -0.879. The predicted octanol–water partition coefficient (Wildman–Crippen LogP) is 6.59. The van der Waals surface area contributed by atoms with E-state index in [2.05, 4.69) is 41.2 Å². The molecule has 2 aliphatic rings. The number of piperidine rings is 1. The molecule has 4 unspecified atom stereocenters. The van der Waals surface area contributed by atoms with Crippen molar-refractivity contribution < 1.29 is 28.2 Å². The number of fused-ring (bicyclic) bond motifs is 2. The van der Waals surface area contributed by atoms with E-state index in [0.717, 1.165) is 25.7 Å². The molecule has 2 aromatic carbocycles. The molecule has 1 aliphatic carbocycles. The first kappa shape index (κ1) is 34.4. The first-order valence-corrected chi connectivity index (χ1v) is 16.2. The van der Waals surface area contributed by atoms with E-state index in [0.29, 0.717) is 28.2 Å². The van der Waals surface area contributed by atoms with Gasteiger partial charge in [0.05, 0.1) is 11.6 Å². The van der Waals surface area contributed by atoms with Crippen LogP contribution in [-0.2, 0) is 20.7 Å². The Balaban J connectivity index is 1.51. The molecule has 9 nitrogen and oxygen atoms in total. The number of nitriles is 1. The lowest BCUT2D eigenvalue weighted by atomic mass is 9.97. The number of hydrogen-bond acceptors (Lipinski definition) is 6. The Labute approximate surface area is 273 Å². The van der Waals surface area contributed by atoms with Crippen molar-refractivity contribution in [2.75, 3.05) is 18.2 Å². The monoisotopic (exact) mass is 684 g/mol. The van der Waals surface area contributed by atoms with Crippen LogP contribution in [0.5, 0.6) is 0 Å². The van der Waals surface area contributed by atoms with Gasteiger partial charge < -0.3 is 14.8 Å². The van der Waals surface area contributed by atoms with Crippen LogP contribution in [0.4, 0.5) is 14.9 Å². The van der Waals surface area contributed by atoms with Gasteiger partial charge in [-0.15, -0.1) is 0 Å². The van der Waals surface area contributed by atoms with Crippen LogP contribution in [0.3, 0.4) is 0 Å². The SMILES string of the molecule is CC(C)CCOCN(C(=O)c1cc(F)ccc1Br)c1cccc(CC(C#N)NC(=O)C2C3CCC(C3)N2C(=O)OC(C)(C)C)c1. The molecule has 45 heavy (non-hydrogen) atoms. The highest BCUT2D eigenvalue weighted by molar-refractivity contribution is 9.10. The van der Waals surface area contributed by atoms with Crippen molar-refractivity contribution in [2.45, 2.75) is 90.4 Å². The van der Waals surface area contributed by atoms with Crippen LogP contribution in [0.15, 0.2) is 46.9 Å². The van der Waals surface area contributed by atoms with E-state index in [9.17, 15) is 24.0 Å². The molecule has 4 rings (SSSR count). The number of nitrogens with zero attached hydrogens (tertiary/aromatic N) is 3. The Kier molecular flexibility index (Phi) is 11.3. The number of hydrogen-bond donors (Lipinski definition) is 1. The van der Waals surface area contributed by atoms with Crippen LogP contribution in [0.2, 0.25) is 0 Å². The molecular weight excluding hydrogens is 643 g/mol. The van der Waals surface area contributed by atoms with Gasteiger partial charge in [-0.25, -0.2) is 9.18 Å². The highest BCUT2D eigenvalue weighted by Gasteiger charge is 2.52. The summed E-state index contributed by atoms with van der Waals surface area (Å²) in [6, 6.07) is 11.6. The van der Waals surface area contributed by atoms with Crippen LogP contribution in [0.25, 0.3) is 0 Å². The summed E-state index contributed by atoms with van der Waals surface area (Å²) in [6.07, 6.45) is 2.87. The van der Waals surface area contributed by atoms with Crippen molar-refractivity contribution >= 4 is 39.5 Å². The zero-order valence-corrected chi connectivity index (χ0v) is 28.1. The lowest BCUT2D eigenvalue weighted by molar-refractivity contribution is -0.128. The number of anilines is 1. The number of carbonyl (C=O) groups is 3. The maximum atomic E-state index is 14.1. The lowest BCUT2D eigenvalue weighted by Crippen LogP contribution is -2.55. The molecule has 1 saturated heterocycles. The standard InChI is InChI=1S/C34H42BrFN4O5/c1-21(2)13-14-44-20-39(32(42)28-18-24(36)10-12-29(28)35)26-8-6-7-22(16-26)15-25(19-37)38-31(41)30-23-9-11-27(17-23)40(30)33(43)45-34(3,4)5/h6-8,10,12,16,18,21,23,25,27,30H,9,11,13-15,17,20H2,1-5H3,(H,38,41). The third kappa shape index (κ3) is 8.82. The molecule has 3 amide bonds. The molecule has 11 heteroatoms. The van der Waals surface area contributed by atoms with Crippen LogP contribution in [-0.4, -0.2) is 59.9 Å². The van der Waals surface area contributed by atoms with Crippen LogP contribution >= 0.6 is 15.9 Å². The van der Waals surface area contributed by atoms with Gasteiger partial charge in [0.15, 0.2) is 0 Å². The number of benzene rings is 2. The smallest absolute Gasteiger partial charge is 0.411 e. The first-order valence-electron chi connectivity index (χ1n) is 15.4. The van der Waals surface area contributed by atoms with Crippen molar-refractivity contribution in [2.24, 2.45) is 11.8 Å². The third-order valence-electron chi connectivity index (χ3n) is 8.06. The zero-order chi connectivity index (χ0) is 32.9.